The van der Waals surface area contributed by atoms with Gasteiger partial charge in [0, 0.05) is 49.4 Å². The maximum atomic E-state index is 2.52. The molecule has 0 spiro atoms. The van der Waals surface area contributed by atoms with Gasteiger partial charge in [-0.15, -0.1) is 0 Å². The molecule has 3 heterocycles. The van der Waals surface area contributed by atoms with Gasteiger partial charge in [-0.2, -0.15) is 0 Å². The molecule has 3 aliphatic carbocycles. The Kier molecular flexibility index (Phi) is 5.31. The quantitative estimate of drug-likeness (QED) is 0.171. The molecule has 12 aromatic rings. The molecule has 3 nitrogen and oxygen atoms in total. The zero-order valence-electron chi connectivity index (χ0n) is 31.9. The van der Waals surface area contributed by atoms with Crippen molar-refractivity contribution in [2.75, 3.05) is 0 Å². The molecule has 9 aromatic carbocycles. The summed E-state index contributed by atoms with van der Waals surface area (Å²) in [6, 6.07) is 75.9. The molecular weight excluding hydrogens is 715 g/mol. The third kappa shape index (κ3) is 3.15. The molecule has 0 radical (unpaired) electrons. The van der Waals surface area contributed by atoms with E-state index in [1.807, 2.05) is 0 Å². The van der Waals surface area contributed by atoms with Crippen LogP contribution in [0.25, 0.3) is 82.5 Å². The topological polar surface area (TPSA) is 14.8 Å². The second-order valence-electron chi connectivity index (χ2n) is 16.7. The summed E-state index contributed by atoms with van der Waals surface area (Å²) in [4.78, 5) is 0. The largest absolute Gasteiger partial charge is 0.309 e. The fraction of sp³-hybridized carbons (Fsp3) is 0.0357. The highest BCUT2D eigenvalue weighted by Gasteiger charge is 2.66. The van der Waals surface area contributed by atoms with Crippen LogP contribution in [0.2, 0.25) is 0 Å². The number of hydrogen-bond acceptors (Lipinski definition) is 0. The number of para-hydroxylation sites is 3. The smallest absolute Gasteiger partial charge is 0.0650 e. The van der Waals surface area contributed by atoms with Crippen molar-refractivity contribution in [1.29, 1.82) is 0 Å². The van der Waals surface area contributed by atoms with Crippen molar-refractivity contribution in [1.82, 2.24) is 13.7 Å². The first-order chi connectivity index (χ1) is 29.3. The molecule has 0 N–H and O–H groups in total. The summed E-state index contributed by atoms with van der Waals surface area (Å²) in [5.74, 6) is 0. The predicted octanol–water partition coefficient (Wildman–Crippen LogP) is 13.3. The summed E-state index contributed by atoms with van der Waals surface area (Å²) in [7, 11) is 0. The van der Waals surface area contributed by atoms with Gasteiger partial charge in [-0.25, -0.2) is 0 Å². The molecule has 0 amide bonds. The average Bonchev–Trinajstić information content (AvgIpc) is 3.96. The Morgan fingerprint density at radius 1 is 0.203 bits per heavy atom. The maximum Gasteiger partial charge on any atom is 0.0650 e. The van der Waals surface area contributed by atoms with Crippen LogP contribution in [0.15, 0.2) is 200 Å². The number of hydrogen-bond donors (Lipinski definition) is 0. The number of nitrogens with zero attached hydrogens (tertiary/aromatic N) is 3. The van der Waals surface area contributed by atoms with E-state index in [4.69, 9.17) is 0 Å². The summed E-state index contributed by atoms with van der Waals surface area (Å²) in [5, 5.41) is 8.10. The highest BCUT2D eigenvalue weighted by molar-refractivity contribution is 6.25. The van der Waals surface area contributed by atoms with Crippen LogP contribution in [0.5, 0.6) is 0 Å². The van der Waals surface area contributed by atoms with E-state index in [9.17, 15) is 0 Å². The second-order valence-corrected chi connectivity index (χ2v) is 16.7. The molecule has 3 heteroatoms. The standard InChI is InChI=1S/C56H33N3/c1-4-16-34(17-5-1)57-43-28-10-22-37-49(43)50-38(23-11-29-44(50)57)56-40-25-13-31-46-52(40)51-39(24-12-30-45(51)58(46)35-18-6-2-7-19-35)55(37,56)41-26-14-32-47-53(41)54-42(56)27-15-33-48(54)59(47)36-20-8-3-9-21-36/h1-33H. The van der Waals surface area contributed by atoms with Crippen molar-refractivity contribution >= 4 is 65.4 Å². The molecule has 15 rings (SSSR count). The molecule has 0 saturated heterocycles. The van der Waals surface area contributed by atoms with Crippen LogP contribution in [-0.2, 0) is 10.8 Å². The molecule has 3 aliphatic rings. The van der Waals surface area contributed by atoms with Gasteiger partial charge in [-0.1, -0.05) is 127 Å². The maximum absolute atomic E-state index is 2.52. The Morgan fingerprint density at radius 2 is 0.407 bits per heavy atom. The van der Waals surface area contributed by atoms with Gasteiger partial charge >= 0.3 is 0 Å². The summed E-state index contributed by atoms with van der Waals surface area (Å²) in [6.07, 6.45) is 0. The fourth-order valence-corrected chi connectivity index (χ4v) is 12.8. The molecule has 0 saturated carbocycles. The van der Waals surface area contributed by atoms with E-state index in [-0.39, 0.29) is 0 Å². The van der Waals surface area contributed by atoms with Crippen molar-refractivity contribution in [2.45, 2.75) is 10.8 Å². The van der Waals surface area contributed by atoms with Crippen LogP contribution in [0, 0.1) is 0 Å². The van der Waals surface area contributed by atoms with Crippen LogP contribution in [0.3, 0.4) is 0 Å². The van der Waals surface area contributed by atoms with Gasteiger partial charge in [0.25, 0.3) is 0 Å². The van der Waals surface area contributed by atoms with Crippen LogP contribution in [0.1, 0.15) is 33.4 Å². The molecule has 0 unspecified atom stereocenters. The van der Waals surface area contributed by atoms with Gasteiger partial charge in [-0.05, 0) is 106 Å². The lowest BCUT2D eigenvalue weighted by Crippen LogP contribution is -2.56. The van der Waals surface area contributed by atoms with Crippen LogP contribution in [-0.4, -0.2) is 13.7 Å². The van der Waals surface area contributed by atoms with E-state index in [0.29, 0.717) is 0 Å². The lowest BCUT2D eigenvalue weighted by Gasteiger charge is -2.59. The average molecular weight is 748 g/mol. The minimum Gasteiger partial charge on any atom is -0.309 e. The second kappa shape index (κ2) is 10.3. The van der Waals surface area contributed by atoms with Gasteiger partial charge in [0.2, 0.25) is 0 Å². The zero-order chi connectivity index (χ0) is 38.2. The highest BCUT2D eigenvalue weighted by Crippen LogP contribution is 2.73. The van der Waals surface area contributed by atoms with Crippen molar-refractivity contribution in [2.24, 2.45) is 0 Å². The summed E-state index contributed by atoms with van der Waals surface area (Å²) in [5.41, 5.74) is 18.0. The first-order valence-corrected chi connectivity index (χ1v) is 20.7. The molecule has 59 heavy (non-hydrogen) atoms. The monoisotopic (exact) mass is 747 g/mol. The lowest BCUT2D eigenvalue weighted by molar-refractivity contribution is 0.426. The summed E-state index contributed by atoms with van der Waals surface area (Å²) >= 11 is 0. The normalized spacial score (nSPS) is 18.3. The molecule has 0 atom stereocenters. The van der Waals surface area contributed by atoms with Crippen LogP contribution >= 0.6 is 0 Å². The Hall–Kier alpha value is -7.62. The first-order valence-electron chi connectivity index (χ1n) is 20.7. The van der Waals surface area contributed by atoms with E-state index in [1.54, 1.807) is 0 Å². The van der Waals surface area contributed by atoms with Crippen molar-refractivity contribution in [3.05, 3.63) is 234 Å². The van der Waals surface area contributed by atoms with E-state index in [2.05, 4.69) is 214 Å². The first kappa shape index (κ1) is 30.5. The van der Waals surface area contributed by atoms with E-state index in [0.717, 1.165) is 0 Å². The number of rotatable bonds is 3. The number of benzene rings is 9. The highest BCUT2D eigenvalue weighted by atomic mass is 15.0. The van der Waals surface area contributed by atoms with Crippen molar-refractivity contribution in [3.63, 3.8) is 0 Å². The molecule has 272 valence electrons. The van der Waals surface area contributed by atoms with E-state index in [1.165, 1.54) is 116 Å². The van der Waals surface area contributed by atoms with E-state index >= 15 is 0 Å². The van der Waals surface area contributed by atoms with Crippen molar-refractivity contribution < 1.29 is 0 Å². The van der Waals surface area contributed by atoms with Crippen molar-refractivity contribution in [3.8, 4) is 17.1 Å². The Bertz CT molecular complexity index is 3240. The molecule has 0 bridgehead atoms. The molecular formula is C56H33N3. The molecule has 0 fully saturated rings. The van der Waals surface area contributed by atoms with Crippen LogP contribution in [0.4, 0.5) is 0 Å². The number of aromatic nitrogens is 3. The summed E-state index contributed by atoms with van der Waals surface area (Å²) in [6.45, 7) is 0. The minimum absolute atomic E-state index is 0.635. The van der Waals surface area contributed by atoms with Crippen LogP contribution < -0.4 is 0 Å². The van der Waals surface area contributed by atoms with Gasteiger partial charge < -0.3 is 13.7 Å². The minimum atomic E-state index is -0.635. The third-order valence-electron chi connectivity index (χ3n) is 14.5. The van der Waals surface area contributed by atoms with E-state index < -0.39 is 10.8 Å². The zero-order valence-corrected chi connectivity index (χ0v) is 31.9. The lowest BCUT2D eigenvalue weighted by atomic mass is 9.40. The Morgan fingerprint density at radius 3 is 0.610 bits per heavy atom. The van der Waals surface area contributed by atoms with Gasteiger partial charge in [-0.3, -0.25) is 0 Å². The van der Waals surface area contributed by atoms with Gasteiger partial charge in [0.15, 0.2) is 0 Å². The van der Waals surface area contributed by atoms with Gasteiger partial charge in [0.1, 0.15) is 0 Å². The third-order valence-corrected chi connectivity index (χ3v) is 14.5. The Labute approximate surface area is 339 Å². The Balaban J connectivity index is 1.27. The molecule has 0 aliphatic heterocycles. The SMILES string of the molecule is c1ccc(-n2c3cccc4c3c3c(cccc32)C23c5cccc6c5c5c(cccc5n6-c5ccccc5)C42c2cccc4c2c2c3cccc2n4-c2ccccc2)cc1. The summed E-state index contributed by atoms with van der Waals surface area (Å²) < 4.78 is 7.55. The predicted molar refractivity (Wildman–Crippen MR) is 242 cm³/mol. The molecule has 3 aromatic heterocycles. The fourth-order valence-electron chi connectivity index (χ4n) is 12.8. The van der Waals surface area contributed by atoms with Gasteiger partial charge in [0.05, 0.1) is 43.9 Å².